The van der Waals surface area contributed by atoms with Gasteiger partial charge in [-0.15, -0.1) is 0 Å². The van der Waals surface area contributed by atoms with Crippen LogP contribution in [0.1, 0.15) is 31.5 Å². The van der Waals surface area contributed by atoms with E-state index in [0.29, 0.717) is 18.5 Å². The summed E-state index contributed by atoms with van der Waals surface area (Å²) in [4.78, 5) is 13.6. The van der Waals surface area contributed by atoms with Gasteiger partial charge in [0, 0.05) is 26.1 Å². The molecule has 6 heteroatoms. The number of hydrogen-bond acceptors (Lipinski definition) is 5. The molecule has 0 saturated carbocycles. The van der Waals surface area contributed by atoms with Crippen molar-refractivity contribution in [2.45, 2.75) is 27.2 Å². The van der Waals surface area contributed by atoms with Crippen molar-refractivity contribution in [3.63, 3.8) is 0 Å². The summed E-state index contributed by atoms with van der Waals surface area (Å²) in [6, 6.07) is 2.12. The Labute approximate surface area is 112 Å². The lowest BCUT2D eigenvalue weighted by atomic mass is 10.2. The van der Waals surface area contributed by atoms with Crippen LogP contribution in [-0.2, 0) is 4.79 Å². The van der Waals surface area contributed by atoms with E-state index in [1.54, 1.807) is 11.8 Å². The van der Waals surface area contributed by atoms with E-state index in [1.807, 2.05) is 13.8 Å². The van der Waals surface area contributed by atoms with E-state index in [0.717, 1.165) is 23.8 Å². The topological polar surface area (TPSA) is 69.0 Å². The Morgan fingerprint density at radius 1 is 1.50 bits per heavy atom. The summed E-state index contributed by atoms with van der Waals surface area (Å²) >= 11 is 1.26. The van der Waals surface area contributed by atoms with Crippen LogP contribution in [0.5, 0.6) is 0 Å². The number of anilines is 1. The number of nitrogens with one attached hydrogen (secondary N) is 1. The van der Waals surface area contributed by atoms with E-state index in [9.17, 15) is 4.79 Å². The fourth-order valence-electron chi connectivity index (χ4n) is 1.64. The second-order valence-corrected chi connectivity index (χ2v) is 4.60. The number of carbonyl (C=O) groups excluding carboxylic acids is 1. The number of nitrogens with zero attached hydrogens (tertiary/aromatic N) is 3. The first-order chi connectivity index (χ1) is 8.63. The molecule has 1 heterocycles. The van der Waals surface area contributed by atoms with Gasteiger partial charge in [0.25, 0.3) is 0 Å². The summed E-state index contributed by atoms with van der Waals surface area (Å²) < 4.78 is 4.11. The molecule has 1 rings (SSSR count). The van der Waals surface area contributed by atoms with E-state index < -0.39 is 0 Å². The van der Waals surface area contributed by atoms with Gasteiger partial charge in [0.15, 0.2) is 0 Å². The van der Waals surface area contributed by atoms with Gasteiger partial charge in [-0.1, -0.05) is 0 Å². The minimum atomic E-state index is 0.132. The summed E-state index contributed by atoms with van der Waals surface area (Å²) in [6.45, 7) is 7.74. The normalized spacial score (nSPS) is 9.89. The van der Waals surface area contributed by atoms with E-state index in [4.69, 9.17) is 5.26 Å². The first kappa shape index (κ1) is 14.5. The minimum Gasteiger partial charge on any atom is -0.374 e. The number of hydrogen-bond donors (Lipinski definition) is 1. The first-order valence-corrected chi connectivity index (χ1v) is 6.79. The number of rotatable bonds is 6. The maximum atomic E-state index is 11.8. The Hall–Kier alpha value is -1.61. The third-order valence-electron chi connectivity index (χ3n) is 2.72. The summed E-state index contributed by atoms with van der Waals surface area (Å²) in [5.41, 5.74) is 1.32. The Balaban J connectivity index is 2.47. The predicted molar refractivity (Wildman–Crippen MR) is 72.6 cm³/mol. The van der Waals surface area contributed by atoms with Crippen LogP contribution in [0.3, 0.4) is 0 Å². The largest absolute Gasteiger partial charge is 0.374 e. The zero-order chi connectivity index (χ0) is 13.5. The van der Waals surface area contributed by atoms with Gasteiger partial charge in [-0.2, -0.15) is 9.64 Å². The van der Waals surface area contributed by atoms with Crippen molar-refractivity contribution in [2.75, 3.05) is 25.0 Å². The molecular weight excluding hydrogens is 248 g/mol. The molecule has 0 atom stereocenters. The smallest absolute Gasteiger partial charge is 0.224 e. The molecule has 0 spiro atoms. The monoisotopic (exact) mass is 266 g/mol. The highest BCUT2D eigenvalue weighted by Gasteiger charge is 2.12. The molecule has 98 valence electrons. The average molecular weight is 266 g/mol. The molecule has 1 aromatic heterocycles. The Kier molecular flexibility index (Phi) is 5.59. The van der Waals surface area contributed by atoms with Crippen molar-refractivity contribution in [1.82, 2.24) is 9.27 Å². The van der Waals surface area contributed by atoms with Crippen molar-refractivity contribution < 1.29 is 4.79 Å². The summed E-state index contributed by atoms with van der Waals surface area (Å²) in [5, 5.41) is 12.8. The lowest BCUT2D eigenvalue weighted by Crippen LogP contribution is -2.31. The molecule has 0 aliphatic carbocycles. The number of carbonyl (C=O) groups is 1. The third-order valence-corrected chi connectivity index (χ3v) is 3.61. The molecule has 0 bridgehead atoms. The molecule has 0 radical (unpaired) electrons. The van der Waals surface area contributed by atoms with Crippen molar-refractivity contribution in [2.24, 2.45) is 0 Å². The average Bonchev–Trinajstić information content (AvgIpc) is 2.71. The van der Waals surface area contributed by atoms with Crippen LogP contribution in [0, 0.1) is 18.3 Å². The number of aromatic nitrogens is 1. The van der Waals surface area contributed by atoms with Gasteiger partial charge in [-0.3, -0.25) is 4.79 Å². The van der Waals surface area contributed by atoms with Gasteiger partial charge in [-0.25, -0.2) is 0 Å². The maximum Gasteiger partial charge on any atom is 0.224 e. The molecule has 0 aliphatic rings. The highest BCUT2D eigenvalue weighted by molar-refractivity contribution is 7.10. The van der Waals surface area contributed by atoms with Gasteiger partial charge in [0.05, 0.1) is 5.69 Å². The molecule has 1 amide bonds. The van der Waals surface area contributed by atoms with Gasteiger partial charge in [-0.05, 0) is 32.3 Å². The Bertz CT molecular complexity index is 445. The van der Waals surface area contributed by atoms with E-state index in [-0.39, 0.29) is 5.91 Å². The second kappa shape index (κ2) is 6.97. The summed E-state index contributed by atoms with van der Waals surface area (Å²) in [7, 11) is 0. The zero-order valence-electron chi connectivity index (χ0n) is 11.0. The molecule has 0 aliphatic heterocycles. The summed E-state index contributed by atoms with van der Waals surface area (Å²) in [6.07, 6.45) is 0.434. The maximum absolute atomic E-state index is 11.8. The van der Waals surface area contributed by atoms with Gasteiger partial charge < -0.3 is 10.2 Å². The van der Waals surface area contributed by atoms with Crippen LogP contribution in [-0.4, -0.2) is 34.8 Å². The zero-order valence-corrected chi connectivity index (χ0v) is 11.8. The van der Waals surface area contributed by atoms with Crippen molar-refractivity contribution >= 4 is 22.4 Å². The predicted octanol–water partition coefficient (Wildman–Crippen LogP) is 1.99. The SMILES string of the molecule is CCN(CC)C(=O)CCNc1snc(C)c1C#N. The lowest BCUT2D eigenvalue weighted by molar-refractivity contribution is -0.130. The number of amides is 1. The first-order valence-electron chi connectivity index (χ1n) is 6.02. The minimum absolute atomic E-state index is 0.132. The van der Waals surface area contributed by atoms with Gasteiger partial charge >= 0.3 is 0 Å². The van der Waals surface area contributed by atoms with E-state index in [2.05, 4.69) is 15.8 Å². The quantitative estimate of drug-likeness (QED) is 0.855. The van der Waals surface area contributed by atoms with Gasteiger partial charge in [0.1, 0.15) is 16.6 Å². The molecule has 18 heavy (non-hydrogen) atoms. The summed E-state index contributed by atoms with van der Waals surface area (Å²) in [5.74, 6) is 0.132. The molecule has 0 unspecified atom stereocenters. The van der Waals surface area contributed by atoms with Crippen LogP contribution in [0.2, 0.25) is 0 Å². The molecular formula is C12H18N4OS. The molecule has 1 aromatic rings. The third kappa shape index (κ3) is 3.44. The van der Waals surface area contributed by atoms with Crippen LogP contribution in [0.15, 0.2) is 0 Å². The van der Waals surface area contributed by atoms with Crippen LogP contribution < -0.4 is 5.32 Å². The molecule has 5 nitrogen and oxygen atoms in total. The van der Waals surface area contributed by atoms with Crippen molar-refractivity contribution in [3.8, 4) is 6.07 Å². The van der Waals surface area contributed by atoms with Crippen molar-refractivity contribution in [1.29, 1.82) is 5.26 Å². The van der Waals surface area contributed by atoms with Crippen molar-refractivity contribution in [3.05, 3.63) is 11.3 Å². The second-order valence-electron chi connectivity index (χ2n) is 3.83. The Morgan fingerprint density at radius 2 is 2.17 bits per heavy atom. The van der Waals surface area contributed by atoms with Crippen LogP contribution in [0.4, 0.5) is 5.00 Å². The van der Waals surface area contributed by atoms with Crippen LogP contribution in [0.25, 0.3) is 0 Å². The molecule has 1 N–H and O–H groups in total. The highest BCUT2D eigenvalue weighted by Crippen LogP contribution is 2.23. The van der Waals surface area contributed by atoms with E-state index in [1.165, 1.54) is 11.5 Å². The molecule has 0 aromatic carbocycles. The number of nitriles is 1. The van der Waals surface area contributed by atoms with Gasteiger partial charge in [0.2, 0.25) is 5.91 Å². The van der Waals surface area contributed by atoms with Crippen LogP contribution >= 0.6 is 11.5 Å². The highest BCUT2D eigenvalue weighted by atomic mass is 32.1. The fourth-order valence-corrected chi connectivity index (χ4v) is 2.41. The lowest BCUT2D eigenvalue weighted by Gasteiger charge is -2.18. The molecule has 0 saturated heterocycles. The Morgan fingerprint density at radius 3 is 2.72 bits per heavy atom. The standard InChI is InChI=1S/C12H18N4OS/c1-4-16(5-2)11(17)6-7-14-12-10(8-13)9(3)15-18-12/h14H,4-7H2,1-3H3. The number of aryl methyl sites for hydroxylation is 1. The van der Waals surface area contributed by atoms with E-state index >= 15 is 0 Å². The molecule has 0 fully saturated rings. The fraction of sp³-hybridized carbons (Fsp3) is 0.583.